The van der Waals surface area contributed by atoms with Crippen LogP contribution < -0.4 is 14.2 Å². The number of nitrogens with one attached hydrogen (secondary N) is 1. The highest BCUT2D eigenvalue weighted by atomic mass is 32.2. The first-order valence-corrected chi connectivity index (χ1v) is 10.5. The van der Waals surface area contributed by atoms with Gasteiger partial charge in [-0.3, -0.25) is 9.40 Å². The smallest absolute Gasteiger partial charge is 0.266 e. The summed E-state index contributed by atoms with van der Waals surface area (Å²) in [6, 6.07) is 9.78. The van der Waals surface area contributed by atoms with Gasteiger partial charge < -0.3 is 14.0 Å². The van der Waals surface area contributed by atoms with Crippen molar-refractivity contribution in [2.75, 3.05) is 18.9 Å². The Morgan fingerprint density at radius 2 is 2.00 bits per heavy atom. The van der Waals surface area contributed by atoms with Gasteiger partial charge in [0, 0.05) is 18.0 Å². The van der Waals surface area contributed by atoms with E-state index in [9.17, 15) is 8.42 Å². The molecular weight excluding hydrogens is 420 g/mol. The molecule has 0 amide bonds. The van der Waals surface area contributed by atoms with Crippen molar-refractivity contribution in [3.63, 3.8) is 0 Å². The van der Waals surface area contributed by atoms with Gasteiger partial charge in [0.15, 0.2) is 11.4 Å². The van der Waals surface area contributed by atoms with E-state index in [1.807, 2.05) is 12.3 Å². The first kappa shape index (κ1) is 20.3. The van der Waals surface area contributed by atoms with E-state index in [4.69, 9.17) is 20.4 Å². The van der Waals surface area contributed by atoms with Gasteiger partial charge in [-0.15, -0.1) is 6.42 Å². The maximum atomic E-state index is 13.1. The maximum absolute atomic E-state index is 13.1. The van der Waals surface area contributed by atoms with Crippen LogP contribution in [0, 0.1) is 12.3 Å². The molecule has 158 valence electrons. The van der Waals surface area contributed by atoms with Crippen LogP contribution in [0.5, 0.6) is 11.5 Å². The fraction of sp³-hybridized carbons (Fsp3) is 0.143. The standard InChI is InChI=1S/C21H18N4O5S/c1-4-14-6-7-16(28-2)19(12-14)31(26,27)24-21-20-17(29-3)10-15(11-18(20)30-23-21)13-25-9-5-8-22-25/h1,5-12H,13H2,2-3H3,(H,23,24). The number of terminal acetylenes is 1. The third-order valence-corrected chi connectivity index (χ3v) is 5.93. The van der Waals surface area contributed by atoms with Gasteiger partial charge in [-0.25, -0.2) is 8.42 Å². The Morgan fingerprint density at radius 3 is 2.68 bits per heavy atom. The zero-order valence-corrected chi connectivity index (χ0v) is 17.5. The molecule has 9 nitrogen and oxygen atoms in total. The zero-order valence-electron chi connectivity index (χ0n) is 16.7. The quantitative estimate of drug-likeness (QED) is 0.442. The lowest BCUT2D eigenvalue weighted by molar-refractivity contribution is 0.403. The van der Waals surface area contributed by atoms with Crippen molar-refractivity contribution in [1.82, 2.24) is 14.9 Å². The Hall–Kier alpha value is -3.97. The van der Waals surface area contributed by atoms with Crippen LogP contribution in [-0.2, 0) is 16.6 Å². The Morgan fingerprint density at radius 1 is 1.19 bits per heavy atom. The summed E-state index contributed by atoms with van der Waals surface area (Å²) in [6.45, 7) is 0.483. The van der Waals surface area contributed by atoms with E-state index in [2.05, 4.69) is 20.9 Å². The normalized spacial score (nSPS) is 11.3. The molecule has 0 saturated heterocycles. The third-order valence-electron chi connectivity index (χ3n) is 4.57. The molecule has 0 unspecified atom stereocenters. The minimum Gasteiger partial charge on any atom is -0.496 e. The van der Waals surface area contributed by atoms with Crippen LogP contribution in [0.15, 0.2) is 58.2 Å². The monoisotopic (exact) mass is 438 g/mol. The maximum Gasteiger partial charge on any atom is 0.266 e. The van der Waals surface area contributed by atoms with Crippen LogP contribution in [-0.4, -0.2) is 37.6 Å². The van der Waals surface area contributed by atoms with Crippen molar-refractivity contribution in [2.45, 2.75) is 11.4 Å². The Labute approximate surface area is 178 Å². The van der Waals surface area contributed by atoms with Gasteiger partial charge in [-0.1, -0.05) is 11.1 Å². The number of anilines is 1. The average Bonchev–Trinajstić information content (AvgIpc) is 3.42. The first-order chi connectivity index (χ1) is 14.9. The molecule has 0 atom stereocenters. The van der Waals surface area contributed by atoms with Crippen LogP contribution in [0.1, 0.15) is 11.1 Å². The number of methoxy groups -OCH3 is 2. The number of sulfonamides is 1. The van der Waals surface area contributed by atoms with E-state index in [0.29, 0.717) is 28.8 Å². The molecule has 0 bridgehead atoms. The molecule has 0 aliphatic heterocycles. The first-order valence-electron chi connectivity index (χ1n) is 9.06. The summed E-state index contributed by atoms with van der Waals surface area (Å²) in [7, 11) is -1.23. The molecule has 2 aromatic heterocycles. The minimum absolute atomic E-state index is 0.00865. The summed E-state index contributed by atoms with van der Waals surface area (Å²) in [6.07, 6.45) is 8.92. The van der Waals surface area contributed by atoms with Crippen LogP contribution >= 0.6 is 0 Å². The van der Waals surface area contributed by atoms with Crippen molar-refractivity contribution in [3.05, 3.63) is 59.9 Å². The van der Waals surface area contributed by atoms with Crippen LogP contribution in [0.3, 0.4) is 0 Å². The number of nitrogens with zero attached hydrogens (tertiary/aromatic N) is 3. The fourth-order valence-electron chi connectivity index (χ4n) is 3.15. The van der Waals surface area contributed by atoms with Crippen molar-refractivity contribution in [2.24, 2.45) is 0 Å². The second kappa shape index (κ2) is 8.04. The molecular formula is C21H18N4O5S. The van der Waals surface area contributed by atoms with Crippen LogP contribution in [0.2, 0.25) is 0 Å². The van der Waals surface area contributed by atoms with Crippen molar-refractivity contribution in [3.8, 4) is 23.8 Å². The molecule has 0 radical (unpaired) electrons. The number of fused-ring (bicyclic) bond motifs is 1. The molecule has 1 N–H and O–H groups in total. The molecule has 0 aliphatic rings. The van der Waals surface area contributed by atoms with E-state index < -0.39 is 10.0 Å². The van der Waals surface area contributed by atoms with Crippen molar-refractivity contribution in [1.29, 1.82) is 0 Å². The molecule has 2 aromatic carbocycles. The molecule has 10 heteroatoms. The predicted molar refractivity (Wildman–Crippen MR) is 114 cm³/mol. The van der Waals surface area contributed by atoms with Gasteiger partial charge in [0.25, 0.3) is 10.0 Å². The van der Waals surface area contributed by atoms with Gasteiger partial charge in [-0.2, -0.15) is 5.10 Å². The summed E-state index contributed by atoms with van der Waals surface area (Å²) in [5.41, 5.74) is 1.61. The predicted octanol–water partition coefficient (Wildman–Crippen LogP) is 2.87. The van der Waals surface area contributed by atoms with E-state index in [-0.39, 0.29) is 16.5 Å². The number of aromatic nitrogens is 3. The zero-order chi connectivity index (χ0) is 22.0. The highest BCUT2D eigenvalue weighted by Gasteiger charge is 2.25. The van der Waals surface area contributed by atoms with Crippen molar-refractivity contribution < 1.29 is 22.4 Å². The Bertz CT molecular complexity index is 1390. The summed E-state index contributed by atoms with van der Waals surface area (Å²) in [5, 5.41) is 8.47. The average molecular weight is 438 g/mol. The second-order valence-electron chi connectivity index (χ2n) is 6.52. The highest BCUT2D eigenvalue weighted by molar-refractivity contribution is 7.92. The van der Waals surface area contributed by atoms with Gasteiger partial charge in [0.05, 0.1) is 20.8 Å². The lowest BCUT2D eigenvalue weighted by Crippen LogP contribution is -2.15. The molecule has 4 aromatic rings. The van der Waals surface area contributed by atoms with Gasteiger partial charge in [0.2, 0.25) is 0 Å². The molecule has 0 fully saturated rings. The van der Waals surface area contributed by atoms with Crippen molar-refractivity contribution >= 4 is 26.8 Å². The largest absolute Gasteiger partial charge is 0.496 e. The van der Waals surface area contributed by atoms with E-state index >= 15 is 0 Å². The van der Waals surface area contributed by atoms with E-state index in [0.717, 1.165) is 5.56 Å². The highest BCUT2D eigenvalue weighted by Crippen LogP contribution is 2.36. The third kappa shape index (κ3) is 3.91. The molecule has 0 spiro atoms. The topological polar surface area (TPSA) is 108 Å². The number of hydrogen-bond acceptors (Lipinski definition) is 7. The molecule has 31 heavy (non-hydrogen) atoms. The number of benzene rings is 2. The summed E-state index contributed by atoms with van der Waals surface area (Å²) in [4.78, 5) is -0.115. The lowest BCUT2D eigenvalue weighted by Gasteiger charge is -2.11. The van der Waals surface area contributed by atoms with Crippen LogP contribution in [0.4, 0.5) is 5.82 Å². The number of hydrogen-bond donors (Lipinski definition) is 1. The van der Waals surface area contributed by atoms with Gasteiger partial charge in [-0.05, 0) is 42.0 Å². The van der Waals surface area contributed by atoms with Gasteiger partial charge in [0.1, 0.15) is 21.8 Å². The lowest BCUT2D eigenvalue weighted by atomic mass is 10.1. The molecule has 4 rings (SSSR count). The number of rotatable bonds is 7. The Kier molecular flexibility index (Phi) is 5.27. The minimum atomic E-state index is -4.09. The van der Waals surface area contributed by atoms with Gasteiger partial charge >= 0.3 is 0 Å². The summed E-state index contributed by atoms with van der Waals surface area (Å²) >= 11 is 0. The summed E-state index contributed by atoms with van der Waals surface area (Å²) in [5.74, 6) is 2.96. The number of ether oxygens (including phenoxy) is 2. The Balaban J connectivity index is 1.74. The van der Waals surface area contributed by atoms with E-state index in [1.165, 1.54) is 26.4 Å². The molecule has 2 heterocycles. The second-order valence-corrected chi connectivity index (χ2v) is 8.17. The fourth-order valence-corrected chi connectivity index (χ4v) is 4.35. The SMILES string of the molecule is C#Cc1ccc(OC)c(S(=O)(=O)Nc2noc3cc(Cn4cccn4)cc(OC)c23)c1. The summed E-state index contributed by atoms with van der Waals surface area (Å²) < 4.78 is 46.4. The van der Waals surface area contributed by atoms with Crippen LogP contribution in [0.25, 0.3) is 11.0 Å². The molecule has 0 saturated carbocycles. The molecule has 0 aliphatic carbocycles. The van der Waals surface area contributed by atoms with E-state index in [1.54, 1.807) is 29.1 Å².